The Labute approximate surface area is 82.1 Å². The molecule has 0 bridgehead atoms. The van der Waals surface area contributed by atoms with Crippen LogP contribution in [0.1, 0.15) is 6.92 Å². The number of nitrogens with zero attached hydrogens (tertiary/aromatic N) is 2. The molecule has 2 nitrogen and oxygen atoms in total. The van der Waals surface area contributed by atoms with E-state index in [1.807, 2.05) is 19.2 Å². The van der Waals surface area contributed by atoms with Crippen molar-refractivity contribution >= 4 is 31.1 Å². The second-order valence-electron chi connectivity index (χ2n) is 3.28. The molecule has 0 fully saturated rings. The van der Waals surface area contributed by atoms with Crippen LogP contribution in [0.4, 0.5) is 0 Å². The van der Waals surface area contributed by atoms with Crippen LogP contribution in [0.25, 0.3) is 12.3 Å². The summed E-state index contributed by atoms with van der Waals surface area (Å²) in [4.78, 5) is 8.20. The van der Waals surface area contributed by atoms with Crippen molar-refractivity contribution in [2.24, 2.45) is 4.99 Å². The van der Waals surface area contributed by atoms with E-state index in [2.05, 4.69) is 28.7 Å². The normalized spacial score (nSPS) is 25.4. The first-order valence-electron chi connectivity index (χ1n) is 4.07. The molecule has 1 aromatic rings. The molecule has 1 atom stereocenters. The Morgan fingerprint density at radius 2 is 2.23 bits per heavy atom. The Kier molecular flexibility index (Phi) is 1.96. The summed E-state index contributed by atoms with van der Waals surface area (Å²) >= 11 is 4.47. The molecule has 1 aromatic heterocycles. The van der Waals surface area contributed by atoms with E-state index in [0.29, 0.717) is 0 Å². The van der Waals surface area contributed by atoms with Crippen LogP contribution in [0, 0.1) is 0 Å². The number of hydrogen-bond donors (Lipinski definition) is 1. The van der Waals surface area contributed by atoms with Gasteiger partial charge in [-0.15, -0.1) is 0 Å². The zero-order valence-corrected chi connectivity index (χ0v) is 8.20. The fourth-order valence-electron chi connectivity index (χ4n) is 1.28. The summed E-state index contributed by atoms with van der Waals surface area (Å²) in [6.45, 7) is 2.00. The van der Waals surface area contributed by atoms with Gasteiger partial charge in [0.25, 0.3) is 0 Å². The number of pyridine rings is 1. The maximum absolute atomic E-state index is 4.47. The van der Waals surface area contributed by atoms with E-state index in [1.165, 1.54) is 0 Å². The fraction of sp³-hybridized carbons (Fsp3) is 0.200. The highest BCUT2D eigenvalue weighted by molar-refractivity contribution is 7.83. The van der Waals surface area contributed by atoms with Gasteiger partial charge in [-0.1, -0.05) is 6.08 Å². The van der Waals surface area contributed by atoms with Crippen molar-refractivity contribution in [2.45, 2.75) is 11.7 Å². The first-order valence-corrected chi connectivity index (χ1v) is 4.52. The summed E-state index contributed by atoms with van der Waals surface area (Å²) < 4.78 is -0.275. The first-order chi connectivity index (χ1) is 6.17. The van der Waals surface area contributed by atoms with Crippen LogP contribution in [-0.2, 0) is 0 Å². The highest BCUT2D eigenvalue weighted by atomic mass is 32.1. The minimum absolute atomic E-state index is 0.275. The second kappa shape index (κ2) is 3.00. The van der Waals surface area contributed by atoms with Crippen molar-refractivity contribution in [2.75, 3.05) is 0 Å². The van der Waals surface area contributed by atoms with Gasteiger partial charge in [-0.2, -0.15) is 12.6 Å². The standard InChI is InChI=1S/C10H10N2S/c1-10(13)4-8-2-3-11-5-9(8)6-12-7-10/h2-7,13H,1H3. The predicted molar refractivity (Wildman–Crippen MR) is 58.3 cm³/mol. The number of fused-ring (bicyclic) bond motifs is 1. The van der Waals surface area contributed by atoms with Crippen molar-refractivity contribution < 1.29 is 0 Å². The molecule has 0 radical (unpaired) electrons. The SMILES string of the molecule is CC1(S)C=NC=c2cnccc2=C1. The molecular formula is C10H10N2S. The second-order valence-corrected chi connectivity index (χ2v) is 4.25. The monoisotopic (exact) mass is 190 g/mol. The van der Waals surface area contributed by atoms with Gasteiger partial charge in [-0.25, -0.2) is 0 Å². The molecule has 0 spiro atoms. The lowest BCUT2D eigenvalue weighted by atomic mass is 10.1. The van der Waals surface area contributed by atoms with Crippen LogP contribution in [0.15, 0.2) is 23.5 Å². The average molecular weight is 190 g/mol. The number of aromatic nitrogens is 1. The molecule has 2 heterocycles. The molecule has 66 valence electrons. The highest BCUT2D eigenvalue weighted by Gasteiger charge is 2.12. The van der Waals surface area contributed by atoms with E-state index in [1.54, 1.807) is 18.6 Å². The van der Waals surface area contributed by atoms with Crippen molar-refractivity contribution in [3.8, 4) is 0 Å². The van der Waals surface area contributed by atoms with Gasteiger partial charge < -0.3 is 0 Å². The van der Waals surface area contributed by atoms with Crippen LogP contribution in [0.3, 0.4) is 0 Å². The van der Waals surface area contributed by atoms with Crippen LogP contribution in [0.2, 0.25) is 0 Å². The predicted octanol–water partition coefficient (Wildman–Crippen LogP) is 0.373. The molecule has 1 aliphatic rings. The highest BCUT2D eigenvalue weighted by Crippen LogP contribution is 2.12. The van der Waals surface area contributed by atoms with Gasteiger partial charge in [0, 0.05) is 30.0 Å². The summed E-state index contributed by atoms with van der Waals surface area (Å²) in [6, 6.07) is 1.97. The lowest BCUT2D eigenvalue weighted by Crippen LogP contribution is -2.27. The third-order valence-corrected chi connectivity index (χ3v) is 2.13. The number of thiol groups is 1. The summed E-state index contributed by atoms with van der Waals surface area (Å²) in [5.41, 5.74) is 0. The summed E-state index contributed by atoms with van der Waals surface area (Å²) in [7, 11) is 0. The van der Waals surface area contributed by atoms with E-state index in [9.17, 15) is 0 Å². The van der Waals surface area contributed by atoms with Crippen LogP contribution >= 0.6 is 12.6 Å². The Bertz CT molecular complexity index is 460. The van der Waals surface area contributed by atoms with Crippen LogP contribution in [-0.4, -0.2) is 15.9 Å². The maximum atomic E-state index is 4.47. The Hall–Kier alpha value is -1.09. The summed E-state index contributed by atoms with van der Waals surface area (Å²) in [5, 5.41) is 2.17. The minimum Gasteiger partial charge on any atom is -0.267 e. The molecule has 0 aromatic carbocycles. The van der Waals surface area contributed by atoms with Gasteiger partial charge in [0.1, 0.15) is 0 Å². The van der Waals surface area contributed by atoms with Gasteiger partial charge in [-0.05, 0) is 18.2 Å². The smallest absolute Gasteiger partial charge is 0.0641 e. The van der Waals surface area contributed by atoms with Crippen molar-refractivity contribution in [3.63, 3.8) is 0 Å². The molecule has 13 heavy (non-hydrogen) atoms. The van der Waals surface area contributed by atoms with Gasteiger partial charge in [0.15, 0.2) is 0 Å². The lowest BCUT2D eigenvalue weighted by Gasteiger charge is -2.10. The molecular weight excluding hydrogens is 180 g/mol. The van der Waals surface area contributed by atoms with E-state index < -0.39 is 0 Å². The zero-order valence-electron chi connectivity index (χ0n) is 7.31. The van der Waals surface area contributed by atoms with E-state index in [0.717, 1.165) is 10.4 Å². The Morgan fingerprint density at radius 3 is 3.08 bits per heavy atom. The van der Waals surface area contributed by atoms with E-state index in [4.69, 9.17) is 0 Å². The van der Waals surface area contributed by atoms with Gasteiger partial charge in [-0.3, -0.25) is 9.98 Å². The summed E-state index contributed by atoms with van der Waals surface area (Å²) in [6.07, 6.45) is 9.27. The topological polar surface area (TPSA) is 25.2 Å². The van der Waals surface area contributed by atoms with Crippen molar-refractivity contribution in [3.05, 3.63) is 28.9 Å². The average Bonchev–Trinajstić information content (AvgIpc) is 2.21. The summed E-state index contributed by atoms with van der Waals surface area (Å²) in [5.74, 6) is 0. The molecule has 0 N–H and O–H groups in total. The quantitative estimate of drug-likeness (QED) is 0.588. The van der Waals surface area contributed by atoms with Crippen molar-refractivity contribution in [1.29, 1.82) is 0 Å². The van der Waals surface area contributed by atoms with Crippen LogP contribution in [0.5, 0.6) is 0 Å². The lowest BCUT2D eigenvalue weighted by molar-refractivity contribution is 1.16. The zero-order chi connectivity index (χ0) is 9.31. The van der Waals surface area contributed by atoms with Gasteiger partial charge in [0.05, 0.1) is 4.75 Å². The number of aliphatic imine (C=N–C) groups is 1. The fourth-order valence-corrected chi connectivity index (χ4v) is 1.48. The molecule has 0 aliphatic carbocycles. The largest absolute Gasteiger partial charge is 0.267 e. The molecule has 1 unspecified atom stereocenters. The molecule has 0 amide bonds. The van der Waals surface area contributed by atoms with E-state index in [-0.39, 0.29) is 4.75 Å². The Morgan fingerprint density at radius 1 is 1.38 bits per heavy atom. The Balaban J connectivity index is 2.77. The third kappa shape index (κ3) is 1.80. The molecule has 2 rings (SSSR count). The van der Waals surface area contributed by atoms with Crippen LogP contribution < -0.4 is 10.4 Å². The van der Waals surface area contributed by atoms with E-state index >= 15 is 0 Å². The maximum Gasteiger partial charge on any atom is 0.0641 e. The number of rotatable bonds is 0. The van der Waals surface area contributed by atoms with Gasteiger partial charge >= 0.3 is 0 Å². The minimum atomic E-state index is -0.275. The van der Waals surface area contributed by atoms with Crippen molar-refractivity contribution in [1.82, 2.24) is 4.98 Å². The van der Waals surface area contributed by atoms with Gasteiger partial charge in [0.2, 0.25) is 0 Å². The third-order valence-electron chi connectivity index (χ3n) is 1.88. The molecule has 1 aliphatic heterocycles. The molecule has 0 saturated carbocycles. The number of hydrogen-bond acceptors (Lipinski definition) is 3. The first kappa shape index (κ1) is 8.51. The molecule has 0 saturated heterocycles. The molecule has 3 heteroatoms.